The van der Waals surface area contributed by atoms with Crippen LogP contribution in [-0.2, 0) is 16.2 Å². The number of nitrogens with zero attached hydrogens (tertiary/aromatic N) is 4. The minimum atomic E-state index is -0.359. The van der Waals surface area contributed by atoms with Gasteiger partial charge < -0.3 is 4.84 Å². The van der Waals surface area contributed by atoms with E-state index in [0.717, 1.165) is 5.56 Å². The van der Waals surface area contributed by atoms with Gasteiger partial charge >= 0.3 is 5.97 Å². The van der Waals surface area contributed by atoms with Crippen molar-refractivity contribution in [1.29, 1.82) is 0 Å². The Morgan fingerprint density at radius 1 is 1.38 bits per heavy atom. The van der Waals surface area contributed by atoms with Gasteiger partial charge in [-0.15, -0.1) is 0 Å². The Morgan fingerprint density at radius 2 is 2.14 bits per heavy atom. The van der Waals surface area contributed by atoms with Gasteiger partial charge in [0, 0.05) is 17.0 Å². The highest BCUT2D eigenvalue weighted by Gasteiger charge is 2.08. The van der Waals surface area contributed by atoms with E-state index in [1.165, 1.54) is 6.33 Å². The van der Waals surface area contributed by atoms with Crippen molar-refractivity contribution < 1.29 is 9.63 Å². The summed E-state index contributed by atoms with van der Waals surface area (Å²) in [5.41, 5.74) is 1.38. The van der Waals surface area contributed by atoms with E-state index in [0.29, 0.717) is 30.1 Å². The number of rotatable bonds is 6. The number of oxime groups is 1. The Kier molecular flexibility index (Phi) is 5.45. The van der Waals surface area contributed by atoms with E-state index in [1.807, 2.05) is 19.1 Å². The van der Waals surface area contributed by atoms with Crippen molar-refractivity contribution >= 4 is 23.3 Å². The maximum absolute atomic E-state index is 11.5. The molecule has 0 fully saturated rings. The third kappa shape index (κ3) is 4.68. The van der Waals surface area contributed by atoms with Crippen molar-refractivity contribution in [3.05, 3.63) is 47.5 Å². The van der Waals surface area contributed by atoms with Gasteiger partial charge in [-0.2, -0.15) is 5.10 Å². The van der Waals surface area contributed by atoms with Crippen LogP contribution in [0, 0.1) is 0 Å². The quantitative estimate of drug-likeness (QED) is 0.467. The number of halogens is 1. The number of hydrogen-bond donors (Lipinski definition) is 0. The molecule has 0 aliphatic heterocycles. The second-order valence-corrected chi connectivity index (χ2v) is 4.79. The smallest absolute Gasteiger partial charge is 0.318 e. The largest absolute Gasteiger partial charge is 0.335 e. The predicted molar refractivity (Wildman–Crippen MR) is 79.0 cm³/mol. The topological polar surface area (TPSA) is 69.4 Å². The van der Waals surface area contributed by atoms with Crippen LogP contribution in [0.1, 0.15) is 25.3 Å². The second kappa shape index (κ2) is 7.54. The molecule has 2 aromatic rings. The summed E-state index contributed by atoms with van der Waals surface area (Å²) in [6.45, 7) is 2.25. The zero-order valence-electron chi connectivity index (χ0n) is 11.6. The molecule has 0 saturated carbocycles. The Balaban J connectivity index is 2.19. The molecule has 0 unspecified atom stereocenters. The lowest BCUT2D eigenvalue weighted by Gasteiger charge is -2.06. The molecule has 21 heavy (non-hydrogen) atoms. The van der Waals surface area contributed by atoms with Crippen LogP contribution in [0.15, 0.2) is 42.1 Å². The minimum absolute atomic E-state index is 0.334. The highest BCUT2D eigenvalue weighted by atomic mass is 35.5. The average Bonchev–Trinajstić information content (AvgIpc) is 2.98. The molecule has 110 valence electrons. The summed E-state index contributed by atoms with van der Waals surface area (Å²) in [7, 11) is 0. The molecule has 0 atom stereocenters. The molecule has 0 N–H and O–H groups in total. The zero-order chi connectivity index (χ0) is 15.1. The van der Waals surface area contributed by atoms with Crippen LogP contribution in [0.2, 0.25) is 5.02 Å². The molecular formula is C14H15ClN4O2. The van der Waals surface area contributed by atoms with Gasteiger partial charge in [-0.25, -0.2) is 14.5 Å². The molecule has 1 aromatic heterocycles. The standard InChI is InChI=1S/C14H15ClN4O2/c1-2-3-14(20)21-18-13(8-19-10-16-9-17-19)11-4-6-12(15)7-5-11/h4-7,9-10H,2-3,8H2,1H3. The van der Waals surface area contributed by atoms with Crippen LogP contribution in [0.25, 0.3) is 0 Å². The van der Waals surface area contributed by atoms with Crippen molar-refractivity contribution in [2.75, 3.05) is 0 Å². The fourth-order valence-electron chi connectivity index (χ4n) is 1.64. The van der Waals surface area contributed by atoms with Gasteiger partial charge in [-0.1, -0.05) is 35.8 Å². The lowest BCUT2D eigenvalue weighted by molar-refractivity contribution is -0.143. The van der Waals surface area contributed by atoms with Gasteiger partial charge in [0.05, 0.1) is 6.54 Å². The molecule has 0 radical (unpaired) electrons. The Morgan fingerprint density at radius 3 is 2.76 bits per heavy atom. The van der Waals surface area contributed by atoms with E-state index < -0.39 is 0 Å². The normalized spacial score (nSPS) is 11.4. The lowest BCUT2D eigenvalue weighted by atomic mass is 10.1. The zero-order valence-corrected chi connectivity index (χ0v) is 12.3. The number of benzene rings is 1. The Labute approximate surface area is 127 Å². The van der Waals surface area contributed by atoms with E-state index in [2.05, 4.69) is 15.2 Å². The molecule has 0 saturated heterocycles. The molecule has 1 aromatic carbocycles. The van der Waals surface area contributed by atoms with Crippen molar-refractivity contribution in [3.63, 3.8) is 0 Å². The first-order valence-electron chi connectivity index (χ1n) is 6.54. The SMILES string of the molecule is CCCC(=O)ON=C(Cn1cncn1)c1ccc(Cl)cc1. The van der Waals surface area contributed by atoms with Crippen LogP contribution in [-0.4, -0.2) is 26.4 Å². The lowest BCUT2D eigenvalue weighted by Crippen LogP contribution is -2.14. The van der Waals surface area contributed by atoms with Crippen LogP contribution in [0.5, 0.6) is 0 Å². The first-order valence-corrected chi connectivity index (χ1v) is 6.92. The van der Waals surface area contributed by atoms with Crippen LogP contribution >= 0.6 is 11.6 Å². The number of carbonyl (C=O) groups is 1. The summed E-state index contributed by atoms with van der Waals surface area (Å²) in [4.78, 5) is 20.3. The van der Waals surface area contributed by atoms with Gasteiger partial charge in [0.15, 0.2) is 0 Å². The summed E-state index contributed by atoms with van der Waals surface area (Å²) in [6.07, 6.45) is 4.05. The van der Waals surface area contributed by atoms with Crippen LogP contribution in [0.3, 0.4) is 0 Å². The van der Waals surface area contributed by atoms with E-state index >= 15 is 0 Å². The number of hydrogen-bond acceptors (Lipinski definition) is 5. The van der Waals surface area contributed by atoms with Crippen molar-refractivity contribution in [1.82, 2.24) is 14.8 Å². The number of aromatic nitrogens is 3. The van der Waals surface area contributed by atoms with E-state index in [4.69, 9.17) is 16.4 Å². The molecule has 0 bridgehead atoms. The summed E-state index contributed by atoms with van der Waals surface area (Å²) in [6, 6.07) is 7.13. The number of carbonyl (C=O) groups excluding carboxylic acids is 1. The predicted octanol–water partition coefficient (Wildman–Crippen LogP) is 2.68. The summed E-state index contributed by atoms with van der Waals surface area (Å²) in [5, 5.41) is 8.60. The summed E-state index contributed by atoms with van der Waals surface area (Å²) < 4.78 is 1.60. The van der Waals surface area contributed by atoms with Gasteiger partial charge in [-0.05, 0) is 18.6 Å². The Bertz CT molecular complexity index is 608. The van der Waals surface area contributed by atoms with Gasteiger partial charge in [-0.3, -0.25) is 0 Å². The molecule has 7 heteroatoms. The van der Waals surface area contributed by atoms with Crippen LogP contribution < -0.4 is 0 Å². The van der Waals surface area contributed by atoms with Crippen LogP contribution in [0.4, 0.5) is 0 Å². The maximum Gasteiger partial charge on any atom is 0.335 e. The van der Waals surface area contributed by atoms with Crippen molar-refractivity contribution in [2.24, 2.45) is 5.16 Å². The monoisotopic (exact) mass is 306 g/mol. The molecule has 0 amide bonds. The first-order chi connectivity index (χ1) is 10.2. The van der Waals surface area contributed by atoms with Gasteiger partial charge in [0.25, 0.3) is 0 Å². The highest BCUT2D eigenvalue weighted by Crippen LogP contribution is 2.11. The van der Waals surface area contributed by atoms with Crippen molar-refractivity contribution in [3.8, 4) is 0 Å². The Hall–Kier alpha value is -2.21. The average molecular weight is 307 g/mol. The van der Waals surface area contributed by atoms with Gasteiger partial charge in [0.2, 0.25) is 0 Å². The maximum atomic E-state index is 11.5. The second-order valence-electron chi connectivity index (χ2n) is 4.35. The van der Waals surface area contributed by atoms with Gasteiger partial charge in [0.1, 0.15) is 18.4 Å². The fraction of sp³-hybridized carbons (Fsp3) is 0.286. The van der Waals surface area contributed by atoms with E-state index in [1.54, 1.807) is 23.1 Å². The molecule has 0 aliphatic carbocycles. The van der Waals surface area contributed by atoms with E-state index in [9.17, 15) is 4.79 Å². The molecule has 0 aliphatic rings. The molecular weight excluding hydrogens is 292 g/mol. The summed E-state index contributed by atoms with van der Waals surface area (Å²) in [5.74, 6) is -0.359. The third-order valence-electron chi connectivity index (χ3n) is 2.67. The van der Waals surface area contributed by atoms with E-state index in [-0.39, 0.29) is 5.97 Å². The molecule has 2 rings (SSSR count). The first kappa shape index (κ1) is 15.2. The minimum Gasteiger partial charge on any atom is -0.318 e. The summed E-state index contributed by atoms with van der Waals surface area (Å²) >= 11 is 5.88. The molecule has 1 heterocycles. The third-order valence-corrected chi connectivity index (χ3v) is 2.92. The highest BCUT2D eigenvalue weighted by molar-refractivity contribution is 6.30. The van der Waals surface area contributed by atoms with Crippen molar-refractivity contribution in [2.45, 2.75) is 26.3 Å². The molecule has 0 spiro atoms. The fourth-order valence-corrected chi connectivity index (χ4v) is 1.76. The molecule has 6 nitrogen and oxygen atoms in total.